The first-order chi connectivity index (χ1) is 12.5. The number of carbonyl (C=O) groups is 2. The fourth-order valence-electron chi connectivity index (χ4n) is 2.72. The van der Waals surface area contributed by atoms with E-state index in [1.54, 1.807) is 16.2 Å². The second-order valence-electron chi connectivity index (χ2n) is 5.65. The molecule has 0 atom stereocenters. The van der Waals surface area contributed by atoms with Gasteiger partial charge in [-0.05, 0) is 35.6 Å². The maximum atomic E-state index is 12.4. The molecule has 1 aromatic carbocycles. The molecule has 0 bridgehead atoms. The predicted octanol–water partition coefficient (Wildman–Crippen LogP) is 2.41. The number of thiophene rings is 1. The van der Waals surface area contributed by atoms with Crippen LogP contribution in [0, 0.1) is 10.1 Å². The van der Waals surface area contributed by atoms with Gasteiger partial charge in [-0.25, -0.2) is 4.79 Å². The lowest BCUT2D eigenvalue weighted by molar-refractivity contribution is -0.385. The second kappa shape index (κ2) is 7.52. The summed E-state index contributed by atoms with van der Waals surface area (Å²) in [5.41, 5.74) is 0.779. The summed E-state index contributed by atoms with van der Waals surface area (Å²) < 4.78 is 9.92. The van der Waals surface area contributed by atoms with Crippen molar-refractivity contribution in [2.24, 2.45) is 0 Å². The molecule has 0 unspecified atom stereocenters. The number of hydrogen-bond acceptors (Lipinski definition) is 7. The third-order valence-corrected chi connectivity index (χ3v) is 5.11. The average Bonchev–Trinajstić information content (AvgIpc) is 3.12. The van der Waals surface area contributed by atoms with Gasteiger partial charge in [0.15, 0.2) is 12.4 Å². The third kappa shape index (κ3) is 3.67. The molecular formula is C17H16N2O6S. The number of rotatable bonds is 5. The number of methoxy groups -OCH3 is 1. The largest absolute Gasteiger partial charge is 0.477 e. The Bertz CT molecular complexity index is 863. The summed E-state index contributed by atoms with van der Waals surface area (Å²) in [5.74, 6) is -0.993. The van der Waals surface area contributed by atoms with E-state index in [4.69, 9.17) is 4.74 Å². The lowest BCUT2D eigenvalue weighted by Crippen LogP contribution is -2.38. The first kappa shape index (κ1) is 17.9. The minimum absolute atomic E-state index is 0.0406. The molecule has 1 aliphatic rings. The number of esters is 1. The molecule has 2 heterocycles. The van der Waals surface area contributed by atoms with Crippen molar-refractivity contribution in [1.82, 2.24) is 4.90 Å². The van der Waals surface area contributed by atoms with Crippen molar-refractivity contribution in [2.75, 3.05) is 20.3 Å². The maximum absolute atomic E-state index is 12.4. The minimum Gasteiger partial charge on any atom is -0.477 e. The zero-order chi connectivity index (χ0) is 18.7. The zero-order valence-corrected chi connectivity index (χ0v) is 14.8. The Morgan fingerprint density at radius 1 is 1.35 bits per heavy atom. The molecule has 3 rings (SSSR count). The molecule has 0 saturated heterocycles. The van der Waals surface area contributed by atoms with Gasteiger partial charge < -0.3 is 14.4 Å². The summed E-state index contributed by atoms with van der Waals surface area (Å²) in [6, 6.07) is 5.73. The molecule has 0 radical (unpaired) electrons. The molecule has 8 nitrogen and oxygen atoms in total. The van der Waals surface area contributed by atoms with Crippen molar-refractivity contribution >= 4 is 28.9 Å². The standard InChI is InChI=1S/C17H16N2O6S/c1-24-17(21)11-2-3-14(13(8-11)19(22)23)25-10-16(20)18-6-4-15-12(9-18)5-7-26-15/h2-3,5,7-8H,4,6,9-10H2,1H3. The molecule has 0 spiro atoms. The van der Waals surface area contributed by atoms with E-state index in [-0.39, 0.29) is 29.5 Å². The third-order valence-electron chi connectivity index (χ3n) is 4.09. The zero-order valence-electron chi connectivity index (χ0n) is 14.0. The van der Waals surface area contributed by atoms with Crippen molar-refractivity contribution in [3.05, 3.63) is 55.8 Å². The van der Waals surface area contributed by atoms with Gasteiger partial charge in [0, 0.05) is 24.0 Å². The molecule has 9 heteroatoms. The van der Waals surface area contributed by atoms with Gasteiger partial charge in [0.1, 0.15) is 0 Å². The van der Waals surface area contributed by atoms with Gasteiger partial charge in [-0.15, -0.1) is 11.3 Å². The van der Waals surface area contributed by atoms with E-state index >= 15 is 0 Å². The number of amides is 1. The maximum Gasteiger partial charge on any atom is 0.338 e. The summed E-state index contributed by atoms with van der Waals surface area (Å²) in [6.45, 7) is 0.807. The Morgan fingerprint density at radius 2 is 2.15 bits per heavy atom. The van der Waals surface area contributed by atoms with E-state index in [0.29, 0.717) is 13.1 Å². The fraction of sp³-hybridized carbons (Fsp3) is 0.294. The highest BCUT2D eigenvalue weighted by Gasteiger charge is 2.24. The Kier molecular flexibility index (Phi) is 5.17. The summed E-state index contributed by atoms with van der Waals surface area (Å²) >= 11 is 1.68. The summed E-state index contributed by atoms with van der Waals surface area (Å²) in [5, 5.41) is 13.2. The molecule has 0 saturated carbocycles. The molecule has 0 aliphatic carbocycles. The molecular weight excluding hydrogens is 360 g/mol. The van der Waals surface area contributed by atoms with Crippen LogP contribution in [0.15, 0.2) is 29.6 Å². The number of fused-ring (bicyclic) bond motifs is 1. The van der Waals surface area contributed by atoms with Crippen LogP contribution in [0.5, 0.6) is 5.75 Å². The van der Waals surface area contributed by atoms with E-state index in [1.807, 2.05) is 11.4 Å². The molecule has 136 valence electrons. The summed E-state index contributed by atoms with van der Waals surface area (Å²) in [6.07, 6.45) is 0.798. The number of ether oxygens (including phenoxy) is 2. The van der Waals surface area contributed by atoms with Crippen molar-refractivity contribution in [3.63, 3.8) is 0 Å². The molecule has 0 fully saturated rings. The number of nitrogens with zero attached hydrogens (tertiary/aromatic N) is 2. The Labute approximate surface area is 153 Å². The molecule has 26 heavy (non-hydrogen) atoms. The van der Waals surface area contributed by atoms with Crippen LogP contribution >= 0.6 is 11.3 Å². The Hall–Kier alpha value is -2.94. The van der Waals surface area contributed by atoms with Gasteiger partial charge in [0.05, 0.1) is 17.6 Å². The SMILES string of the molecule is COC(=O)c1ccc(OCC(=O)N2CCc3sccc3C2)c([N+](=O)[O-])c1. The van der Waals surface area contributed by atoms with Crippen molar-refractivity contribution in [2.45, 2.75) is 13.0 Å². The molecule has 2 aromatic rings. The summed E-state index contributed by atoms with van der Waals surface area (Å²) in [7, 11) is 1.19. The van der Waals surface area contributed by atoms with Crippen molar-refractivity contribution in [3.8, 4) is 5.75 Å². The van der Waals surface area contributed by atoms with Crippen LogP contribution in [-0.4, -0.2) is 42.0 Å². The number of nitro groups is 1. The average molecular weight is 376 g/mol. The summed E-state index contributed by atoms with van der Waals surface area (Å²) in [4.78, 5) is 37.4. The van der Waals surface area contributed by atoms with Crippen LogP contribution in [0.3, 0.4) is 0 Å². The first-order valence-electron chi connectivity index (χ1n) is 7.82. The predicted molar refractivity (Wildman–Crippen MR) is 93.4 cm³/mol. The van der Waals surface area contributed by atoms with Crippen LogP contribution in [0.2, 0.25) is 0 Å². The van der Waals surface area contributed by atoms with Gasteiger partial charge in [-0.3, -0.25) is 14.9 Å². The van der Waals surface area contributed by atoms with E-state index in [1.165, 1.54) is 24.1 Å². The Balaban J connectivity index is 1.68. The first-order valence-corrected chi connectivity index (χ1v) is 8.70. The number of benzene rings is 1. The van der Waals surface area contributed by atoms with Crippen molar-refractivity contribution < 1.29 is 24.0 Å². The quantitative estimate of drug-likeness (QED) is 0.451. The number of hydrogen-bond donors (Lipinski definition) is 0. The number of nitro benzene ring substituents is 1. The molecule has 1 aromatic heterocycles. The van der Waals surface area contributed by atoms with Crippen LogP contribution in [0.1, 0.15) is 20.8 Å². The van der Waals surface area contributed by atoms with E-state index < -0.39 is 10.9 Å². The van der Waals surface area contributed by atoms with Crippen LogP contribution in [0.25, 0.3) is 0 Å². The highest BCUT2D eigenvalue weighted by atomic mass is 32.1. The van der Waals surface area contributed by atoms with E-state index in [2.05, 4.69) is 4.74 Å². The number of carbonyl (C=O) groups excluding carboxylic acids is 2. The molecule has 1 aliphatic heterocycles. The van der Waals surface area contributed by atoms with Gasteiger partial charge in [-0.2, -0.15) is 0 Å². The van der Waals surface area contributed by atoms with Gasteiger partial charge in [0.2, 0.25) is 0 Å². The van der Waals surface area contributed by atoms with E-state index in [9.17, 15) is 19.7 Å². The van der Waals surface area contributed by atoms with E-state index in [0.717, 1.165) is 18.1 Å². The topological polar surface area (TPSA) is 99.0 Å². The van der Waals surface area contributed by atoms with Crippen LogP contribution in [0.4, 0.5) is 5.69 Å². The highest BCUT2D eigenvalue weighted by Crippen LogP contribution is 2.29. The van der Waals surface area contributed by atoms with Gasteiger partial charge in [-0.1, -0.05) is 0 Å². The molecule has 1 amide bonds. The fourth-order valence-corrected chi connectivity index (χ4v) is 3.61. The van der Waals surface area contributed by atoms with Gasteiger partial charge in [0.25, 0.3) is 5.91 Å². The highest BCUT2D eigenvalue weighted by molar-refractivity contribution is 7.10. The van der Waals surface area contributed by atoms with Crippen molar-refractivity contribution in [1.29, 1.82) is 0 Å². The lowest BCUT2D eigenvalue weighted by atomic mass is 10.1. The minimum atomic E-state index is -0.685. The van der Waals surface area contributed by atoms with Crippen LogP contribution < -0.4 is 4.74 Å². The monoisotopic (exact) mass is 376 g/mol. The molecule has 0 N–H and O–H groups in total. The lowest BCUT2D eigenvalue weighted by Gasteiger charge is -2.26. The van der Waals surface area contributed by atoms with Gasteiger partial charge >= 0.3 is 11.7 Å². The smallest absolute Gasteiger partial charge is 0.338 e. The second-order valence-corrected chi connectivity index (χ2v) is 6.65. The normalized spacial score (nSPS) is 13.0. The Morgan fingerprint density at radius 3 is 2.88 bits per heavy atom. The van der Waals surface area contributed by atoms with Crippen LogP contribution in [-0.2, 0) is 22.5 Å².